The summed E-state index contributed by atoms with van der Waals surface area (Å²) in [5.74, 6) is 0. The lowest BCUT2D eigenvalue weighted by atomic mass is 10.2. The number of unbranched alkanes of at least 4 members (excludes halogenated alkanes) is 3. The predicted molar refractivity (Wildman–Crippen MR) is 48.1 cm³/mol. The molecule has 1 atom stereocenters. The first-order valence-electron chi connectivity index (χ1n) is 4.68. The quantitative estimate of drug-likeness (QED) is 0.541. The summed E-state index contributed by atoms with van der Waals surface area (Å²) >= 11 is 0. The van der Waals surface area contributed by atoms with Gasteiger partial charge < -0.3 is 14.9 Å². The molecule has 2 N–H and O–H groups in total. The van der Waals surface area contributed by atoms with Crippen molar-refractivity contribution in [2.45, 2.75) is 38.7 Å². The van der Waals surface area contributed by atoms with Gasteiger partial charge in [0.2, 0.25) is 0 Å². The molecular formula is C9H20O3. The van der Waals surface area contributed by atoms with E-state index in [2.05, 4.69) is 6.92 Å². The Morgan fingerprint density at radius 2 is 2.00 bits per heavy atom. The summed E-state index contributed by atoms with van der Waals surface area (Å²) in [5, 5.41) is 17.3. The summed E-state index contributed by atoms with van der Waals surface area (Å²) < 4.78 is 5.12. The van der Waals surface area contributed by atoms with Crippen LogP contribution >= 0.6 is 0 Å². The normalized spacial score (nSPS) is 13.2. The van der Waals surface area contributed by atoms with Crippen molar-refractivity contribution in [1.82, 2.24) is 0 Å². The van der Waals surface area contributed by atoms with Crippen molar-refractivity contribution in [2.75, 3.05) is 19.8 Å². The minimum atomic E-state index is -0.712. The van der Waals surface area contributed by atoms with Crippen LogP contribution in [0.15, 0.2) is 0 Å². The van der Waals surface area contributed by atoms with Gasteiger partial charge in [0.25, 0.3) is 0 Å². The highest BCUT2D eigenvalue weighted by Crippen LogP contribution is 1.98. The SMILES string of the molecule is CCCCCCOCC(O)CO. The lowest BCUT2D eigenvalue weighted by molar-refractivity contribution is 0.00528. The highest BCUT2D eigenvalue weighted by Gasteiger charge is 2.00. The minimum Gasteiger partial charge on any atom is -0.394 e. The van der Waals surface area contributed by atoms with E-state index in [9.17, 15) is 0 Å². The number of rotatable bonds is 8. The molecule has 0 amide bonds. The van der Waals surface area contributed by atoms with Crippen molar-refractivity contribution >= 4 is 0 Å². The molecule has 0 spiro atoms. The van der Waals surface area contributed by atoms with E-state index in [1.165, 1.54) is 19.3 Å². The zero-order valence-electron chi connectivity index (χ0n) is 7.83. The first-order chi connectivity index (χ1) is 5.81. The van der Waals surface area contributed by atoms with E-state index in [-0.39, 0.29) is 13.2 Å². The third-order valence-corrected chi connectivity index (χ3v) is 1.66. The monoisotopic (exact) mass is 176 g/mol. The van der Waals surface area contributed by atoms with Crippen LogP contribution in [0.4, 0.5) is 0 Å². The Kier molecular flexibility index (Phi) is 8.88. The maximum Gasteiger partial charge on any atom is 0.100 e. The number of hydrogen-bond acceptors (Lipinski definition) is 3. The third kappa shape index (κ3) is 7.98. The zero-order valence-corrected chi connectivity index (χ0v) is 7.83. The smallest absolute Gasteiger partial charge is 0.100 e. The Morgan fingerprint density at radius 3 is 2.58 bits per heavy atom. The fourth-order valence-electron chi connectivity index (χ4n) is 0.903. The van der Waals surface area contributed by atoms with E-state index in [0.717, 1.165) is 6.42 Å². The average molecular weight is 176 g/mol. The molecule has 0 saturated heterocycles. The lowest BCUT2D eigenvalue weighted by Crippen LogP contribution is -2.19. The van der Waals surface area contributed by atoms with Gasteiger partial charge in [0, 0.05) is 6.61 Å². The molecule has 0 heterocycles. The highest BCUT2D eigenvalue weighted by molar-refractivity contribution is 4.48. The molecule has 0 bridgehead atoms. The molecule has 1 unspecified atom stereocenters. The van der Waals surface area contributed by atoms with Crippen LogP contribution in [0.5, 0.6) is 0 Å². The molecule has 0 radical (unpaired) electrons. The van der Waals surface area contributed by atoms with Gasteiger partial charge in [-0.25, -0.2) is 0 Å². The first-order valence-corrected chi connectivity index (χ1v) is 4.68. The molecule has 3 nitrogen and oxygen atoms in total. The van der Waals surface area contributed by atoms with Gasteiger partial charge in [-0.15, -0.1) is 0 Å². The van der Waals surface area contributed by atoms with Crippen LogP contribution in [0.2, 0.25) is 0 Å². The molecule has 12 heavy (non-hydrogen) atoms. The van der Waals surface area contributed by atoms with Gasteiger partial charge >= 0.3 is 0 Å². The Balaban J connectivity index is 2.90. The van der Waals surface area contributed by atoms with Crippen molar-refractivity contribution in [1.29, 1.82) is 0 Å². The van der Waals surface area contributed by atoms with E-state index in [0.29, 0.717) is 6.61 Å². The molecule has 0 rings (SSSR count). The summed E-state index contributed by atoms with van der Waals surface area (Å²) in [6.45, 7) is 2.89. The lowest BCUT2D eigenvalue weighted by Gasteiger charge is -2.07. The second-order valence-electron chi connectivity index (χ2n) is 2.97. The molecule has 0 aromatic carbocycles. The molecule has 0 aromatic heterocycles. The van der Waals surface area contributed by atoms with Crippen LogP contribution in [0.25, 0.3) is 0 Å². The van der Waals surface area contributed by atoms with Crippen molar-refractivity contribution in [3.05, 3.63) is 0 Å². The van der Waals surface area contributed by atoms with Crippen LogP contribution in [0.1, 0.15) is 32.6 Å². The van der Waals surface area contributed by atoms with Crippen LogP contribution in [0, 0.1) is 0 Å². The summed E-state index contributed by atoms with van der Waals surface area (Å²) in [6.07, 6.45) is 3.99. The largest absolute Gasteiger partial charge is 0.394 e. The summed E-state index contributed by atoms with van der Waals surface area (Å²) in [5.41, 5.74) is 0. The molecule has 3 heteroatoms. The van der Waals surface area contributed by atoms with Gasteiger partial charge in [0.05, 0.1) is 13.2 Å². The Hall–Kier alpha value is -0.120. The van der Waals surface area contributed by atoms with Crippen LogP contribution in [0.3, 0.4) is 0 Å². The first kappa shape index (κ1) is 11.9. The van der Waals surface area contributed by atoms with Crippen LogP contribution in [-0.4, -0.2) is 36.1 Å². The van der Waals surface area contributed by atoms with Gasteiger partial charge in [-0.05, 0) is 6.42 Å². The van der Waals surface area contributed by atoms with Gasteiger partial charge in [-0.1, -0.05) is 26.2 Å². The van der Waals surface area contributed by atoms with Crippen molar-refractivity contribution < 1.29 is 14.9 Å². The third-order valence-electron chi connectivity index (χ3n) is 1.66. The maximum atomic E-state index is 8.89. The fourth-order valence-corrected chi connectivity index (χ4v) is 0.903. The Bertz CT molecular complexity index is 85.8. The zero-order chi connectivity index (χ0) is 9.23. The fraction of sp³-hybridized carbons (Fsp3) is 1.00. The number of hydrogen-bond donors (Lipinski definition) is 2. The topological polar surface area (TPSA) is 49.7 Å². The van der Waals surface area contributed by atoms with Crippen LogP contribution < -0.4 is 0 Å². The van der Waals surface area contributed by atoms with Crippen LogP contribution in [-0.2, 0) is 4.74 Å². The second kappa shape index (κ2) is 8.97. The molecule has 0 aliphatic rings. The van der Waals surface area contributed by atoms with Gasteiger partial charge in [-0.3, -0.25) is 0 Å². The molecule has 0 saturated carbocycles. The van der Waals surface area contributed by atoms with Gasteiger partial charge in [0.15, 0.2) is 0 Å². The molecular weight excluding hydrogens is 156 g/mol. The Labute approximate surface area is 74.4 Å². The van der Waals surface area contributed by atoms with E-state index in [4.69, 9.17) is 14.9 Å². The highest BCUT2D eigenvalue weighted by atomic mass is 16.5. The number of ether oxygens (including phenoxy) is 1. The molecule has 74 valence electrons. The maximum absolute atomic E-state index is 8.89. The number of aliphatic hydroxyl groups excluding tert-OH is 2. The van der Waals surface area contributed by atoms with E-state index in [1.807, 2.05) is 0 Å². The minimum absolute atomic E-state index is 0.213. The van der Waals surface area contributed by atoms with Crippen molar-refractivity contribution in [2.24, 2.45) is 0 Å². The summed E-state index contributed by atoms with van der Waals surface area (Å²) in [7, 11) is 0. The second-order valence-corrected chi connectivity index (χ2v) is 2.97. The van der Waals surface area contributed by atoms with E-state index in [1.54, 1.807) is 0 Å². The standard InChI is InChI=1S/C9H20O3/c1-2-3-4-5-6-12-8-9(11)7-10/h9-11H,2-8H2,1H3. The van der Waals surface area contributed by atoms with Gasteiger partial charge in [-0.2, -0.15) is 0 Å². The van der Waals surface area contributed by atoms with E-state index < -0.39 is 6.10 Å². The van der Waals surface area contributed by atoms with Crippen molar-refractivity contribution in [3.8, 4) is 0 Å². The summed E-state index contributed by atoms with van der Waals surface area (Å²) in [4.78, 5) is 0. The summed E-state index contributed by atoms with van der Waals surface area (Å²) in [6, 6.07) is 0. The molecule has 0 aliphatic carbocycles. The average Bonchev–Trinajstić information content (AvgIpc) is 2.10. The molecule has 0 aliphatic heterocycles. The van der Waals surface area contributed by atoms with E-state index >= 15 is 0 Å². The Morgan fingerprint density at radius 1 is 1.25 bits per heavy atom. The van der Waals surface area contributed by atoms with Crippen molar-refractivity contribution in [3.63, 3.8) is 0 Å². The molecule has 0 fully saturated rings. The molecule has 0 aromatic rings. The predicted octanol–water partition coefficient (Wildman–Crippen LogP) is 0.936. The number of aliphatic hydroxyl groups is 2. The van der Waals surface area contributed by atoms with Gasteiger partial charge in [0.1, 0.15) is 6.10 Å².